The maximum absolute atomic E-state index is 12.1. The molecule has 1 aromatic rings. The number of hydrogen-bond acceptors (Lipinski definition) is 4. The van der Waals surface area contributed by atoms with Crippen LogP contribution in [0.5, 0.6) is 0 Å². The zero-order valence-electron chi connectivity index (χ0n) is 11.4. The summed E-state index contributed by atoms with van der Waals surface area (Å²) in [5.41, 5.74) is 0.337. The number of nitrogens with one attached hydrogen (secondary N) is 1. The molecule has 0 amide bonds. The summed E-state index contributed by atoms with van der Waals surface area (Å²) in [7, 11) is 0.325. The van der Waals surface area contributed by atoms with Gasteiger partial charge < -0.3 is 4.90 Å². The van der Waals surface area contributed by atoms with Crippen LogP contribution in [0.4, 0.5) is 0 Å². The minimum Gasteiger partial charge on any atom is -0.309 e. The molecule has 6 heteroatoms. The summed E-state index contributed by atoms with van der Waals surface area (Å²) in [5.74, 6) is 0. The van der Waals surface area contributed by atoms with E-state index in [1.165, 1.54) is 12.1 Å². The van der Waals surface area contributed by atoms with E-state index in [9.17, 15) is 8.42 Å². The van der Waals surface area contributed by atoms with Crippen LogP contribution in [-0.2, 0) is 10.0 Å². The highest BCUT2D eigenvalue weighted by molar-refractivity contribution is 7.89. The van der Waals surface area contributed by atoms with Crippen LogP contribution < -0.4 is 4.72 Å². The molecule has 0 aliphatic heterocycles. The van der Waals surface area contributed by atoms with Gasteiger partial charge in [0.25, 0.3) is 0 Å². The Morgan fingerprint density at radius 3 is 2.68 bits per heavy atom. The van der Waals surface area contributed by atoms with Gasteiger partial charge in [0.05, 0.1) is 16.5 Å². The molecule has 0 heterocycles. The van der Waals surface area contributed by atoms with E-state index in [2.05, 4.69) is 4.72 Å². The van der Waals surface area contributed by atoms with Gasteiger partial charge in [0.1, 0.15) is 0 Å². The van der Waals surface area contributed by atoms with Gasteiger partial charge in [-0.3, -0.25) is 0 Å². The molecule has 1 N–H and O–H groups in total. The van der Waals surface area contributed by atoms with Gasteiger partial charge in [-0.05, 0) is 52.2 Å². The van der Waals surface area contributed by atoms with E-state index in [0.29, 0.717) is 5.56 Å². The van der Waals surface area contributed by atoms with Gasteiger partial charge in [0, 0.05) is 6.04 Å². The average molecular weight is 281 g/mol. The highest BCUT2D eigenvalue weighted by Gasteiger charge is 2.17. The third-order valence-corrected chi connectivity index (χ3v) is 4.23. The summed E-state index contributed by atoms with van der Waals surface area (Å²) in [4.78, 5) is 2.13. The fraction of sp³-hybridized carbons (Fsp3) is 0.462. The molecule has 0 spiro atoms. The second kappa shape index (κ2) is 6.66. The maximum atomic E-state index is 12.1. The standard InChI is InChI=1S/C13H19N3O2S/c1-11(7-8-16(2)3)15-19(17,18)13-6-4-5-12(9-13)10-14/h4-6,9,11,15H,7-8H2,1-3H3. The minimum absolute atomic E-state index is 0.128. The van der Waals surface area contributed by atoms with Crippen molar-refractivity contribution < 1.29 is 8.42 Å². The van der Waals surface area contributed by atoms with E-state index < -0.39 is 10.0 Å². The van der Waals surface area contributed by atoms with Crippen molar-refractivity contribution in [2.45, 2.75) is 24.3 Å². The monoisotopic (exact) mass is 281 g/mol. The highest BCUT2D eigenvalue weighted by Crippen LogP contribution is 2.12. The van der Waals surface area contributed by atoms with Crippen molar-refractivity contribution in [3.63, 3.8) is 0 Å². The second-order valence-corrected chi connectivity index (χ2v) is 6.47. The normalized spacial score (nSPS) is 13.2. The molecule has 0 aliphatic rings. The van der Waals surface area contributed by atoms with Crippen molar-refractivity contribution in [2.75, 3.05) is 20.6 Å². The Morgan fingerprint density at radius 2 is 2.11 bits per heavy atom. The minimum atomic E-state index is -3.56. The number of nitrogens with zero attached hydrogens (tertiary/aromatic N) is 2. The Bertz CT molecular complexity index is 561. The highest BCUT2D eigenvalue weighted by atomic mass is 32.2. The third-order valence-electron chi connectivity index (χ3n) is 2.64. The van der Waals surface area contributed by atoms with Crippen molar-refractivity contribution in [1.82, 2.24) is 9.62 Å². The van der Waals surface area contributed by atoms with Crippen LogP contribution in [0, 0.1) is 11.3 Å². The van der Waals surface area contributed by atoms with Crippen molar-refractivity contribution in [3.05, 3.63) is 29.8 Å². The van der Waals surface area contributed by atoms with Crippen LogP contribution in [0.15, 0.2) is 29.2 Å². The van der Waals surface area contributed by atoms with Gasteiger partial charge >= 0.3 is 0 Å². The number of sulfonamides is 1. The molecule has 1 unspecified atom stereocenters. The van der Waals surface area contributed by atoms with Crippen molar-refractivity contribution >= 4 is 10.0 Å². The summed E-state index contributed by atoms with van der Waals surface area (Å²) in [6.45, 7) is 2.64. The molecule has 0 bridgehead atoms. The van der Waals surface area contributed by atoms with Crippen molar-refractivity contribution in [2.24, 2.45) is 0 Å². The Labute approximate surface area is 114 Å². The third kappa shape index (κ3) is 4.99. The Hall–Kier alpha value is -1.42. The van der Waals surface area contributed by atoms with E-state index in [1.54, 1.807) is 12.1 Å². The molecule has 0 radical (unpaired) electrons. The first-order valence-corrected chi connectivity index (χ1v) is 7.50. The topological polar surface area (TPSA) is 73.2 Å². The van der Waals surface area contributed by atoms with Crippen LogP contribution in [0.1, 0.15) is 18.9 Å². The van der Waals surface area contributed by atoms with Gasteiger partial charge in [0.2, 0.25) is 10.0 Å². The molecule has 0 fully saturated rings. The van der Waals surface area contributed by atoms with Gasteiger partial charge in [-0.15, -0.1) is 0 Å². The molecule has 5 nitrogen and oxygen atoms in total. The molecule has 0 saturated carbocycles. The number of rotatable bonds is 6. The van der Waals surface area contributed by atoms with Crippen LogP contribution >= 0.6 is 0 Å². The van der Waals surface area contributed by atoms with Crippen LogP contribution in [0.2, 0.25) is 0 Å². The summed E-state index contributed by atoms with van der Waals surface area (Å²) in [6.07, 6.45) is 0.726. The maximum Gasteiger partial charge on any atom is 0.240 e. The molecular formula is C13H19N3O2S. The quantitative estimate of drug-likeness (QED) is 0.849. The smallest absolute Gasteiger partial charge is 0.240 e. The number of nitriles is 1. The molecule has 0 aliphatic carbocycles. The second-order valence-electron chi connectivity index (χ2n) is 4.75. The number of hydrogen-bond donors (Lipinski definition) is 1. The zero-order valence-corrected chi connectivity index (χ0v) is 12.2. The van der Waals surface area contributed by atoms with Crippen LogP contribution in [0.3, 0.4) is 0 Å². The molecule has 1 atom stereocenters. The molecular weight excluding hydrogens is 262 g/mol. The summed E-state index contributed by atoms with van der Waals surface area (Å²) in [6, 6.07) is 7.79. The summed E-state index contributed by atoms with van der Waals surface area (Å²) >= 11 is 0. The van der Waals surface area contributed by atoms with Crippen LogP contribution in [0.25, 0.3) is 0 Å². The largest absolute Gasteiger partial charge is 0.309 e. The van der Waals surface area contributed by atoms with Gasteiger partial charge in [-0.25, -0.2) is 13.1 Å². The van der Waals surface area contributed by atoms with Gasteiger partial charge in [-0.2, -0.15) is 5.26 Å². The SMILES string of the molecule is CC(CCN(C)C)NS(=O)(=O)c1cccc(C#N)c1. The van der Waals surface area contributed by atoms with E-state index in [-0.39, 0.29) is 10.9 Å². The molecule has 1 rings (SSSR count). The average Bonchev–Trinajstić information content (AvgIpc) is 2.36. The first kappa shape index (κ1) is 15.6. The number of benzene rings is 1. The Morgan fingerprint density at radius 1 is 1.42 bits per heavy atom. The van der Waals surface area contributed by atoms with E-state index >= 15 is 0 Å². The predicted molar refractivity (Wildman–Crippen MR) is 74.1 cm³/mol. The van der Waals surface area contributed by atoms with Gasteiger partial charge in [0.15, 0.2) is 0 Å². The van der Waals surface area contributed by atoms with E-state index in [4.69, 9.17) is 5.26 Å². The predicted octanol–water partition coefficient (Wildman–Crippen LogP) is 1.18. The molecule has 1 aromatic carbocycles. The first-order chi connectivity index (χ1) is 8.85. The lowest BCUT2D eigenvalue weighted by Gasteiger charge is -2.16. The van der Waals surface area contributed by atoms with E-state index in [0.717, 1.165) is 13.0 Å². The molecule has 0 aromatic heterocycles. The molecule has 104 valence electrons. The Balaban J connectivity index is 2.78. The molecule has 19 heavy (non-hydrogen) atoms. The summed E-state index contributed by atoms with van der Waals surface area (Å²) in [5, 5.41) is 8.78. The lowest BCUT2D eigenvalue weighted by Crippen LogP contribution is -2.34. The van der Waals surface area contributed by atoms with Crippen molar-refractivity contribution in [1.29, 1.82) is 5.26 Å². The van der Waals surface area contributed by atoms with Crippen molar-refractivity contribution in [3.8, 4) is 6.07 Å². The lowest BCUT2D eigenvalue weighted by atomic mass is 10.2. The fourth-order valence-corrected chi connectivity index (χ4v) is 2.90. The molecule has 0 saturated heterocycles. The zero-order chi connectivity index (χ0) is 14.5. The Kier molecular flexibility index (Phi) is 5.48. The van der Waals surface area contributed by atoms with Crippen LogP contribution in [-0.4, -0.2) is 40.0 Å². The van der Waals surface area contributed by atoms with E-state index in [1.807, 2.05) is 32.0 Å². The lowest BCUT2D eigenvalue weighted by molar-refractivity contribution is 0.379. The van der Waals surface area contributed by atoms with Gasteiger partial charge in [-0.1, -0.05) is 6.07 Å². The summed E-state index contributed by atoms with van der Waals surface area (Å²) < 4.78 is 26.9. The first-order valence-electron chi connectivity index (χ1n) is 6.02. The fourth-order valence-electron chi connectivity index (χ4n) is 1.58.